The first-order valence-corrected chi connectivity index (χ1v) is 3.78. The van der Waals surface area contributed by atoms with E-state index in [0.29, 0.717) is 5.92 Å². The number of nitrogens with zero attached hydrogens (tertiary/aromatic N) is 1. The van der Waals surface area contributed by atoms with Crippen molar-refractivity contribution in [3.63, 3.8) is 0 Å². The molecule has 1 atom stereocenters. The molecule has 0 aromatic rings. The van der Waals surface area contributed by atoms with E-state index in [-0.39, 0.29) is 12.4 Å². The molecule has 0 N–H and O–H groups in total. The van der Waals surface area contributed by atoms with Crippen molar-refractivity contribution in [3.8, 4) is 0 Å². The minimum Gasteiger partial charge on any atom is -1.00 e. The summed E-state index contributed by atoms with van der Waals surface area (Å²) >= 11 is 0. The van der Waals surface area contributed by atoms with Crippen LogP contribution in [0.4, 0.5) is 0 Å². The van der Waals surface area contributed by atoms with Gasteiger partial charge in [-0.05, 0) is 5.92 Å². The molecule has 1 unspecified atom stereocenters. The molecule has 68 valence electrons. The maximum atomic E-state index is 5.25. The van der Waals surface area contributed by atoms with Gasteiger partial charge in [0.1, 0.15) is 14.1 Å². The Morgan fingerprint density at radius 2 is 2.00 bits per heavy atom. The fourth-order valence-corrected chi connectivity index (χ4v) is 0.474. The number of hydrogen-bond acceptors (Lipinski definition) is 1. The molecule has 0 aliphatic carbocycles. The van der Waals surface area contributed by atoms with Gasteiger partial charge in [0.2, 0.25) is 0 Å². The Morgan fingerprint density at radius 1 is 1.45 bits per heavy atom. The highest BCUT2D eigenvalue weighted by molar-refractivity contribution is 5.38. The third-order valence-electron chi connectivity index (χ3n) is 1.36. The molecule has 0 rings (SSSR count). The molecular weight excluding hydrogens is 162 g/mol. The maximum Gasteiger partial charge on any atom is 0.323 e. The van der Waals surface area contributed by atoms with Crippen LogP contribution in [0.25, 0.3) is 0 Å². The third-order valence-corrected chi connectivity index (χ3v) is 1.36. The minimum atomic E-state index is 0. The van der Waals surface area contributed by atoms with Crippen LogP contribution in [0.1, 0.15) is 20.3 Å². The topological polar surface area (TPSA) is 12.2 Å². The van der Waals surface area contributed by atoms with Gasteiger partial charge in [0.15, 0.2) is 0 Å². The van der Waals surface area contributed by atoms with Crippen molar-refractivity contribution in [1.82, 2.24) is 0 Å². The molecule has 0 spiro atoms. The van der Waals surface area contributed by atoms with Crippen LogP contribution in [0.2, 0.25) is 0 Å². The minimum absolute atomic E-state index is 0. The summed E-state index contributed by atoms with van der Waals surface area (Å²) in [5, 5.41) is 0. The lowest BCUT2D eigenvalue weighted by Crippen LogP contribution is -3.00. The molecule has 2 nitrogen and oxygen atoms in total. The number of rotatable bonds is 4. The summed E-state index contributed by atoms with van der Waals surface area (Å²) in [5.41, 5.74) is 0. The lowest BCUT2D eigenvalue weighted by molar-refractivity contribution is -0.468. The second-order valence-corrected chi connectivity index (χ2v) is 2.92. The highest BCUT2D eigenvalue weighted by Gasteiger charge is 1.97. The first kappa shape index (κ1) is 13.4. The Bertz CT molecular complexity index is 111. The van der Waals surface area contributed by atoms with E-state index in [4.69, 9.17) is 4.74 Å². The number of ether oxygens (including phenoxy) is 1. The molecule has 0 saturated carbocycles. The van der Waals surface area contributed by atoms with E-state index >= 15 is 0 Å². The van der Waals surface area contributed by atoms with Crippen LogP contribution in [0.5, 0.6) is 0 Å². The standard InChI is InChI=1S/C8H18NO.ClH/c1-5-8(2)6-10-7-9(3)4;/h7-8H,5-6H2,1-4H3;1H/q+1;/p-1. The lowest BCUT2D eigenvalue weighted by atomic mass is 10.1. The zero-order valence-corrected chi connectivity index (χ0v) is 8.56. The van der Waals surface area contributed by atoms with Gasteiger partial charge in [-0.2, -0.15) is 0 Å². The van der Waals surface area contributed by atoms with Gasteiger partial charge in [0.25, 0.3) is 0 Å². The molecule has 0 aliphatic rings. The summed E-state index contributed by atoms with van der Waals surface area (Å²) in [6.07, 6.45) is 2.92. The SMILES string of the molecule is CCC(C)COC=[N+](C)C.[Cl-]. The highest BCUT2D eigenvalue weighted by Crippen LogP contribution is 1.98. The molecule has 0 bridgehead atoms. The molecule has 0 fully saturated rings. The van der Waals surface area contributed by atoms with E-state index in [1.165, 1.54) is 6.42 Å². The molecule has 3 heteroatoms. The molecule has 0 saturated heterocycles. The van der Waals surface area contributed by atoms with Crippen LogP contribution in [0.15, 0.2) is 0 Å². The zero-order valence-electron chi connectivity index (χ0n) is 7.80. The predicted octanol–water partition coefficient (Wildman–Crippen LogP) is -1.65. The lowest BCUT2D eigenvalue weighted by Gasteiger charge is -2.04. The van der Waals surface area contributed by atoms with Gasteiger partial charge in [-0.25, -0.2) is 4.58 Å². The van der Waals surface area contributed by atoms with Gasteiger partial charge >= 0.3 is 6.40 Å². The fraction of sp³-hybridized carbons (Fsp3) is 0.875. The van der Waals surface area contributed by atoms with Crippen molar-refractivity contribution >= 4 is 6.40 Å². The molecule has 0 radical (unpaired) electrons. The Balaban J connectivity index is 0. The van der Waals surface area contributed by atoms with Crippen molar-refractivity contribution in [2.75, 3.05) is 20.7 Å². The molecule has 11 heavy (non-hydrogen) atoms. The zero-order chi connectivity index (χ0) is 7.98. The molecule has 0 aromatic carbocycles. The first-order valence-electron chi connectivity index (χ1n) is 3.78. The van der Waals surface area contributed by atoms with E-state index in [0.717, 1.165) is 6.61 Å². The summed E-state index contributed by atoms with van der Waals surface area (Å²) in [4.78, 5) is 0. The van der Waals surface area contributed by atoms with Crippen LogP contribution in [-0.4, -0.2) is 31.7 Å². The Labute approximate surface area is 75.7 Å². The molecule has 0 amide bonds. The van der Waals surface area contributed by atoms with E-state index in [1.54, 1.807) is 6.40 Å². The highest BCUT2D eigenvalue weighted by atomic mass is 35.5. The normalized spacial score (nSPS) is 11.3. The van der Waals surface area contributed by atoms with Gasteiger partial charge in [0.05, 0.1) is 6.61 Å². The fourth-order valence-electron chi connectivity index (χ4n) is 0.474. The summed E-state index contributed by atoms with van der Waals surface area (Å²) in [6.45, 7) is 5.18. The van der Waals surface area contributed by atoms with Crippen LogP contribution >= 0.6 is 0 Å². The third kappa shape index (κ3) is 9.76. The molecule has 0 aliphatic heterocycles. The smallest absolute Gasteiger partial charge is 0.323 e. The van der Waals surface area contributed by atoms with Crippen LogP contribution < -0.4 is 12.4 Å². The van der Waals surface area contributed by atoms with Crippen molar-refractivity contribution in [2.24, 2.45) is 5.92 Å². The van der Waals surface area contributed by atoms with E-state index in [1.807, 2.05) is 18.7 Å². The number of halogens is 1. The van der Waals surface area contributed by atoms with Crippen molar-refractivity contribution < 1.29 is 21.7 Å². The second kappa shape index (κ2) is 7.86. The van der Waals surface area contributed by atoms with Crippen molar-refractivity contribution in [2.45, 2.75) is 20.3 Å². The molecular formula is C8H18ClNO. The van der Waals surface area contributed by atoms with Crippen molar-refractivity contribution in [3.05, 3.63) is 0 Å². The maximum absolute atomic E-state index is 5.25. The van der Waals surface area contributed by atoms with E-state index < -0.39 is 0 Å². The molecule has 0 aromatic heterocycles. The van der Waals surface area contributed by atoms with E-state index in [2.05, 4.69) is 13.8 Å². The van der Waals surface area contributed by atoms with Gasteiger partial charge < -0.3 is 17.1 Å². The second-order valence-electron chi connectivity index (χ2n) is 2.92. The van der Waals surface area contributed by atoms with Gasteiger partial charge in [0, 0.05) is 0 Å². The first-order chi connectivity index (χ1) is 4.66. The van der Waals surface area contributed by atoms with Gasteiger partial charge in [-0.1, -0.05) is 20.3 Å². The van der Waals surface area contributed by atoms with Crippen LogP contribution in [-0.2, 0) is 4.74 Å². The Kier molecular flexibility index (Phi) is 9.55. The van der Waals surface area contributed by atoms with Gasteiger partial charge in [-0.3, -0.25) is 0 Å². The summed E-state index contributed by atoms with van der Waals surface area (Å²) in [6, 6.07) is 0. The summed E-state index contributed by atoms with van der Waals surface area (Å²) < 4.78 is 7.15. The average Bonchev–Trinajstić information content (AvgIpc) is 1.87. The summed E-state index contributed by atoms with van der Waals surface area (Å²) in [5.74, 6) is 0.663. The average molecular weight is 180 g/mol. The Hall–Kier alpha value is -0.240. The van der Waals surface area contributed by atoms with Crippen LogP contribution in [0, 0.1) is 5.92 Å². The Morgan fingerprint density at radius 3 is 2.36 bits per heavy atom. The largest absolute Gasteiger partial charge is 1.00 e. The van der Waals surface area contributed by atoms with Crippen LogP contribution in [0.3, 0.4) is 0 Å². The predicted molar refractivity (Wildman–Crippen MR) is 43.6 cm³/mol. The van der Waals surface area contributed by atoms with E-state index in [9.17, 15) is 0 Å². The number of hydrogen-bond donors (Lipinski definition) is 0. The monoisotopic (exact) mass is 179 g/mol. The van der Waals surface area contributed by atoms with Crippen molar-refractivity contribution in [1.29, 1.82) is 0 Å². The summed E-state index contributed by atoms with van der Waals surface area (Å²) in [7, 11) is 3.91. The quantitative estimate of drug-likeness (QED) is 0.286. The van der Waals surface area contributed by atoms with Gasteiger partial charge in [-0.15, -0.1) is 0 Å². The molecule has 0 heterocycles.